The molecule has 0 radical (unpaired) electrons. The number of imide groups is 1. The van der Waals surface area contributed by atoms with E-state index in [1.807, 2.05) is 49.1 Å². The summed E-state index contributed by atoms with van der Waals surface area (Å²) in [5.41, 5.74) is 5.81. The van der Waals surface area contributed by atoms with E-state index in [0.29, 0.717) is 30.0 Å². The second-order valence-electron chi connectivity index (χ2n) is 8.70. The number of nitro groups is 1. The molecule has 34 heavy (non-hydrogen) atoms. The van der Waals surface area contributed by atoms with Crippen molar-refractivity contribution in [2.24, 2.45) is 0 Å². The number of hydrogen-bond acceptors (Lipinski definition) is 5. The van der Waals surface area contributed by atoms with E-state index in [9.17, 15) is 19.7 Å². The van der Waals surface area contributed by atoms with Gasteiger partial charge in [0.25, 0.3) is 17.5 Å². The zero-order valence-electron chi connectivity index (χ0n) is 18.9. The highest BCUT2D eigenvalue weighted by Gasteiger charge is 2.43. The predicted molar refractivity (Wildman–Crippen MR) is 129 cm³/mol. The van der Waals surface area contributed by atoms with E-state index in [1.165, 1.54) is 22.6 Å². The molecule has 0 N–H and O–H groups in total. The highest BCUT2D eigenvalue weighted by Crippen LogP contribution is 2.38. The Hall–Kier alpha value is -4.26. The number of carbonyl (C=O) groups is 2. The maximum Gasteiger partial charge on any atom is 0.282 e. The third kappa shape index (κ3) is 3.55. The standard InChI is InChI=1S/C27H23N3O4/c1-17-7-12-23(18(2)15-17)29-26(31)24(20-8-10-22(11-9-20)30(33)34)25(27(29)32)28-14-13-19-5-3-4-6-21(19)16-28/h3-12,15H,13-14,16H2,1-2H3. The topological polar surface area (TPSA) is 83.8 Å². The summed E-state index contributed by atoms with van der Waals surface area (Å²) in [6.07, 6.45) is 0.762. The molecular formula is C27H23N3O4. The first-order valence-corrected chi connectivity index (χ1v) is 11.1. The third-order valence-corrected chi connectivity index (χ3v) is 6.47. The Bertz CT molecular complexity index is 1370. The number of nitrogens with zero attached hydrogens (tertiary/aromatic N) is 3. The predicted octanol–water partition coefficient (Wildman–Crippen LogP) is 4.55. The lowest BCUT2D eigenvalue weighted by atomic mass is 9.98. The summed E-state index contributed by atoms with van der Waals surface area (Å²) in [6.45, 7) is 4.95. The number of fused-ring (bicyclic) bond motifs is 1. The SMILES string of the molecule is Cc1ccc(N2C(=O)C(c3ccc([N+](=O)[O-])cc3)=C(N3CCc4ccccc4C3)C2=O)c(C)c1. The Kier molecular flexibility index (Phi) is 5.24. The van der Waals surface area contributed by atoms with E-state index in [0.717, 1.165) is 23.1 Å². The van der Waals surface area contributed by atoms with E-state index >= 15 is 0 Å². The normalized spacial score (nSPS) is 15.7. The van der Waals surface area contributed by atoms with Gasteiger partial charge in [-0.15, -0.1) is 0 Å². The van der Waals surface area contributed by atoms with Crippen molar-refractivity contribution < 1.29 is 14.5 Å². The fourth-order valence-electron chi connectivity index (χ4n) is 4.78. The molecule has 5 rings (SSSR count). The maximum absolute atomic E-state index is 13.8. The van der Waals surface area contributed by atoms with Crippen LogP contribution in [0.15, 0.2) is 72.4 Å². The Labute approximate surface area is 197 Å². The van der Waals surface area contributed by atoms with Crippen LogP contribution in [0.5, 0.6) is 0 Å². The van der Waals surface area contributed by atoms with Gasteiger partial charge in [-0.3, -0.25) is 19.7 Å². The molecule has 0 saturated carbocycles. The largest absolute Gasteiger partial charge is 0.362 e. The van der Waals surface area contributed by atoms with Gasteiger partial charge in [0.15, 0.2) is 0 Å². The summed E-state index contributed by atoms with van der Waals surface area (Å²) in [5.74, 6) is -0.788. The van der Waals surface area contributed by atoms with Crippen molar-refractivity contribution in [2.75, 3.05) is 11.4 Å². The van der Waals surface area contributed by atoms with Gasteiger partial charge in [-0.25, -0.2) is 4.90 Å². The molecule has 0 aromatic heterocycles. The number of rotatable bonds is 4. The van der Waals surface area contributed by atoms with E-state index in [4.69, 9.17) is 0 Å². The van der Waals surface area contributed by atoms with Crippen LogP contribution in [0.25, 0.3) is 5.57 Å². The van der Waals surface area contributed by atoms with E-state index in [-0.39, 0.29) is 17.2 Å². The first kappa shape index (κ1) is 21.6. The molecule has 0 bridgehead atoms. The molecule has 2 aliphatic rings. The molecule has 3 aromatic rings. The molecule has 0 unspecified atom stereocenters. The Morgan fingerprint density at radius 1 is 0.882 bits per heavy atom. The first-order valence-electron chi connectivity index (χ1n) is 11.1. The zero-order valence-corrected chi connectivity index (χ0v) is 18.9. The van der Waals surface area contributed by atoms with E-state index in [1.54, 1.807) is 18.2 Å². The molecule has 0 aliphatic carbocycles. The molecule has 2 aliphatic heterocycles. The summed E-state index contributed by atoms with van der Waals surface area (Å²) < 4.78 is 0. The quantitative estimate of drug-likeness (QED) is 0.329. The van der Waals surface area contributed by atoms with Crippen molar-refractivity contribution in [3.63, 3.8) is 0 Å². The molecule has 7 heteroatoms. The average molecular weight is 453 g/mol. The molecule has 170 valence electrons. The molecule has 2 heterocycles. The molecule has 0 spiro atoms. The van der Waals surface area contributed by atoms with Gasteiger partial charge in [-0.2, -0.15) is 0 Å². The lowest BCUT2D eigenvalue weighted by Gasteiger charge is -2.31. The first-order chi connectivity index (χ1) is 16.3. The number of carbonyl (C=O) groups excluding carboxylic acids is 2. The Morgan fingerprint density at radius 2 is 1.59 bits per heavy atom. The number of anilines is 1. The van der Waals surface area contributed by atoms with Crippen LogP contribution in [0.3, 0.4) is 0 Å². The van der Waals surface area contributed by atoms with Crippen LogP contribution in [0.2, 0.25) is 0 Å². The molecule has 2 amide bonds. The molecule has 7 nitrogen and oxygen atoms in total. The van der Waals surface area contributed by atoms with Gasteiger partial charge in [0.05, 0.1) is 16.2 Å². The highest BCUT2D eigenvalue weighted by atomic mass is 16.6. The van der Waals surface area contributed by atoms with Gasteiger partial charge >= 0.3 is 0 Å². The smallest absolute Gasteiger partial charge is 0.282 e. The lowest BCUT2D eigenvalue weighted by Crippen LogP contribution is -2.37. The molecule has 0 atom stereocenters. The second-order valence-corrected chi connectivity index (χ2v) is 8.70. The summed E-state index contributed by atoms with van der Waals surface area (Å²) in [5, 5.41) is 11.1. The minimum Gasteiger partial charge on any atom is -0.362 e. The summed E-state index contributed by atoms with van der Waals surface area (Å²) in [4.78, 5) is 41.4. The molecular weight excluding hydrogens is 430 g/mol. The van der Waals surface area contributed by atoms with E-state index < -0.39 is 10.8 Å². The monoisotopic (exact) mass is 453 g/mol. The summed E-state index contributed by atoms with van der Waals surface area (Å²) in [6, 6.07) is 19.5. The van der Waals surface area contributed by atoms with Crippen LogP contribution in [0, 0.1) is 24.0 Å². The minimum absolute atomic E-state index is 0.0687. The van der Waals surface area contributed by atoms with Crippen molar-refractivity contribution >= 4 is 28.8 Å². The molecule has 3 aromatic carbocycles. The van der Waals surface area contributed by atoms with Crippen molar-refractivity contribution in [1.82, 2.24) is 4.90 Å². The summed E-state index contributed by atoms with van der Waals surface area (Å²) in [7, 11) is 0. The van der Waals surface area contributed by atoms with Crippen LogP contribution in [0.1, 0.15) is 27.8 Å². The Balaban J connectivity index is 1.63. The van der Waals surface area contributed by atoms with Gasteiger partial charge in [0.2, 0.25) is 0 Å². The van der Waals surface area contributed by atoms with E-state index in [2.05, 4.69) is 6.07 Å². The average Bonchev–Trinajstić information content (AvgIpc) is 3.09. The van der Waals surface area contributed by atoms with Gasteiger partial charge < -0.3 is 4.90 Å². The van der Waals surface area contributed by atoms with Crippen molar-refractivity contribution in [2.45, 2.75) is 26.8 Å². The van der Waals surface area contributed by atoms with Crippen LogP contribution in [-0.2, 0) is 22.6 Å². The van der Waals surface area contributed by atoms with Crippen LogP contribution in [-0.4, -0.2) is 28.2 Å². The van der Waals surface area contributed by atoms with Crippen molar-refractivity contribution in [3.05, 3.63) is 110 Å². The number of benzene rings is 3. The molecule has 0 saturated heterocycles. The highest BCUT2D eigenvalue weighted by molar-refractivity contribution is 6.45. The molecule has 0 fully saturated rings. The number of aryl methyl sites for hydroxylation is 2. The number of non-ortho nitro benzene ring substituents is 1. The fraction of sp³-hybridized carbons (Fsp3) is 0.185. The van der Waals surface area contributed by atoms with Gasteiger partial charge in [0, 0.05) is 25.2 Å². The second kappa shape index (κ2) is 8.26. The fourth-order valence-corrected chi connectivity index (χ4v) is 4.78. The zero-order chi connectivity index (χ0) is 24.0. The lowest BCUT2D eigenvalue weighted by molar-refractivity contribution is -0.384. The van der Waals surface area contributed by atoms with Crippen LogP contribution in [0.4, 0.5) is 11.4 Å². The van der Waals surface area contributed by atoms with Gasteiger partial charge in [-0.05, 0) is 60.7 Å². The Morgan fingerprint density at radius 3 is 2.26 bits per heavy atom. The van der Waals surface area contributed by atoms with Crippen LogP contribution < -0.4 is 4.90 Å². The number of nitro benzene ring substituents is 1. The summed E-state index contributed by atoms with van der Waals surface area (Å²) >= 11 is 0. The van der Waals surface area contributed by atoms with Gasteiger partial charge in [0.1, 0.15) is 5.70 Å². The number of amides is 2. The number of hydrogen-bond donors (Lipinski definition) is 0. The van der Waals surface area contributed by atoms with Crippen molar-refractivity contribution in [3.8, 4) is 0 Å². The van der Waals surface area contributed by atoms with Gasteiger partial charge in [-0.1, -0.05) is 42.0 Å². The van der Waals surface area contributed by atoms with Crippen LogP contribution >= 0.6 is 0 Å². The minimum atomic E-state index is -0.482. The third-order valence-electron chi connectivity index (χ3n) is 6.47. The van der Waals surface area contributed by atoms with Crippen molar-refractivity contribution in [1.29, 1.82) is 0 Å². The maximum atomic E-state index is 13.8.